The maximum atomic E-state index is 14.0. The van der Waals surface area contributed by atoms with Crippen LogP contribution in [-0.4, -0.2) is 16.9 Å². The summed E-state index contributed by atoms with van der Waals surface area (Å²) in [6, 6.07) is 8.63. The van der Waals surface area contributed by atoms with Crippen molar-refractivity contribution < 1.29 is 9.18 Å². The number of hydrogen-bond acceptors (Lipinski definition) is 3. The van der Waals surface area contributed by atoms with E-state index in [4.69, 9.17) is 5.73 Å². The van der Waals surface area contributed by atoms with Crippen molar-refractivity contribution in [2.24, 2.45) is 5.73 Å². The third-order valence-corrected chi connectivity index (χ3v) is 5.13. The van der Waals surface area contributed by atoms with Crippen LogP contribution in [-0.2, 0) is 6.54 Å². The minimum atomic E-state index is -0.463. The number of hydrogen-bond donors (Lipinski definition) is 1. The first-order chi connectivity index (χ1) is 11.0. The molecule has 3 aromatic rings. The molecule has 3 nitrogen and oxygen atoms in total. The Morgan fingerprint density at radius 2 is 2.04 bits per heavy atom. The topological polar surface area (TPSA) is 48.0 Å². The molecule has 3 rings (SSSR count). The minimum Gasteiger partial charge on any atom is -0.337 e. The molecular weight excluding hydrogens is 311 g/mol. The first-order valence-corrected chi connectivity index (χ1v) is 8.43. The molecule has 0 atom stereocenters. The van der Waals surface area contributed by atoms with E-state index in [1.54, 1.807) is 19.1 Å². The quantitative estimate of drug-likeness (QED) is 0.718. The number of carbonyl (C=O) groups is 1. The largest absolute Gasteiger partial charge is 0.337 e. The van der Waals surface area contributed by atoms with Crippen LogP contribution in [0.25, 0.3) is 10.2 Å². The summed E-state index contributed by atoms with van der Waals surface area (Å²) in [5, 5.41) is 1.03. The lowest BCUT2D eigenvalue weighted by molar-refractivity contribution is 0.103. The molecule has 120 valence electrons. The molecule has 0 radical (unpaired) electrons. The molecule has 2 N–H and O–H groups in total. The van der Waals surface area contributed by atoms with E-state index < -0.39 is 5.82 Å². The van der Waals surface area contributed by atoms with E-state index in [1.165, 1.54) is 17.4 Å². The second-order valence-corrected chi connectivity index (χ2v) is 6.79. The predicted molar refractivity (Wildman–Crippen MR) is 92.8 cm³/mol. The number of fused-ring (bicyclic) bond motifs is 1. The molecule has 0 aliphatic heterocycles. The number of nitrogens with zero attached hydrogens (tertiary/aromatic N) is 1. The van der Waals surface area contributed by atoms with E-state index in [-0.39, 0.29) is 11.3 Å². The van der Waals surface area contributed by atoms with Crippen molar-refractivity contribution in [1.29, 1.82) is 0 Å². The highest BCUT2D eigenvalue weighted by molar-refractivity contribution is 7.20. The molecule has 5 heteroatoms. The van der Waals surface area contributed by atoms with Crippen molar-refractivity contribution in [3.05, 3.63) is 57.8 Å². The lowest BCUT2D eigenvalue weighted by Crippen LogP contribution is -2.06. The number of thiophene rings is 1. The minimum absolute atomic E-state index is 0.129. The zero-order chi connectivity index (χ0) is 16.6. The van der Waals surface area contributed by atoms with Gasteiger partial charge < -0.3 is 10.3 Å². The fraction of sp³-hybridized carbons (Fsp3) is 0.278. The standard InChI is InChI=1S/C18H19FN2OS/c1-11-4-5-14(15(19)8-11)17(22)16-10-13-9-12(2)21(7-3-6-20)18(13)23-16/h4-5,8-10H,3,6-7,20H2,1-2H3. The third-order valence-electron chi connectivity index (χ3n) is 3.95. The number of halogens is 1. The molecule has 0 aliphatic carbocycles. The monoisotopic (exact) mass is 330 g/mol. The first-order valence-electron chi connectivity index (χ1n) is 7.62. The van der Waals surface area contributed by atoms with Gasteiger partial charge in [0.1, 0.15) is 10.6 Å². The Hall–Kier alpha value is -1.98. The zero-order valence-electron chi connectivity index (χ0n) is 13.2. The van der Waals surface area contributed by atoms with Crippen molar-refractivity contribution in [3.63, 3.8) is 0 Å². The van der Waals surface area contributed by atoms with Gasteiger partial charge in [0.05, 0.1) is 10.4 Å². The number of aryl methyl sites for hydroxylation is 3. The molecule has 0 spiro atoms. The summed E-state index contributed by atoms with van der Waals surface area (Å²) in [5.74, 6) is -0.720. The molecule has 0 amide bonds. The number of ketones is 1. The van der Waals surface area contributed by atoms with Gasteiger partial charge in [0.25, 0.3) is 0 Å². The van der Waals surface area contributed by atoms with Gasteiger partial charge in [0.2, 0.25) is 5.78 Å². The van der Waals surface area contributed by atoms with E-state index in [0.29, 0.717) is 11.4 Å². The van der Waals surface area contributed by atoms with Crippen LogP contribution in [0.2, 0.25) is 0 Å². The molecule has 0 aliphatic rings. The molecule has 0 saturated heterocycles. The van der Waals surface area contributed by atoms with Gasteiger partial charge in [0.15, 0.2) is 0 Å². The number of benzene rings is 1. The lowest BCUT2D eigenvalue weighted by Gasteiger charge is -2.05. The predicted octanol–water partition coefficient (Wildman–Crippen LogP) is 4.04. The lowest BCUT2D eigenvalue weighted by atomic mass is 10.1. The van der Waals surface area contributed by atoms with Gasteiger partial charge in [-0.1, -0.05) is 6.07 Å². The average Bonchev–Trinajstić information content (AvgIpc) is 3.02. The maximum absolute atomic E-state index is 14.0. The van der Waals surface area contributed by atoms with Crippen molar-refractivity contribution in [2.45, 2.75) is 26.8 Å². The maximum Gasteiger partial charge on any atom is 0.205 e. The first kappa shape index (κ1) is 15.9. The summed E-state index contributed by atoms with van der Waals surface area (Å²) < 4.78 is 16.2. The van der Waals surface area contributed by atoms with E-state index >= 15 is 0 Å². The van der Waals surface area contributed by atoms with Crippen LogP contribution < -0.4 is 5.73 Å². The summed E-state index contributed by atoms with van der Waals surface area (Å²) in [4.78, 5) is 14.2. The van der Waals surface area contributed by atoms with Gasteiger partial charge in [-0.25, -0.2) is 4.39 Å². The summed E-state index contributed by atoms with van der Waals surface area (Å²) in [6.45, 7) is 5.31. The van der Waals surface area contributed by atoms with Gasteiger partial charge in [0, 0.05) is 17.6 Å². The Kier molecular flexibility index (Phi) is 4.33. The highest BCUT2D eigenvalue weighted by atomic mass is 32.1. The summed E-state index contributed by atoms with van der Waals surface area (Å²) in [6.07, 6.45) is 0.887. The summed E-state index contributed by atoms with van der Waals surface area (Å²) >= 11 is 1.42. The Balaban J connectivity index is 2.00. The molecule has 0 bridgehead atoms. The van der Waals surface area contributed by atoms with Gasteiger partial charge in [-0.15, -0.1) is 11.3 Å². The van der Waals surface area contributed by atoms with Crippen LogP contribution in [0.1, 0.15) is 32.9 Å². The van der Waals surface area contributed by atoms with Crippen molar-refractivity contribution >= 4 is 27.3 Å². The van der Waals surface area contributed by atoms with Crippen LogP contribution in [0.15, 0.2) is 30.3 Å². The van der Waals surface area contributed by atoms with Gasteiger partial charge in [-0.2, -0.15) is 0 Å². The number of rotatable bonds is 5. The Bertz CT molecular complexity index is 879. The fourth-order valence-electron chi connectivity index (χ4n) is 2.75. The van der Waals surface area contributed by atoms with E-state index in [0.717, 1.165) is 34.4 Å². The highest BCUT2D eigenvalue weighted by Crippen LogP contribution is 2.31. The molecule has 2 aromatic heterocycles. The second-order valence-electron chi connectivity index (χ2n) is 5.76. The van der Waals surface area contributed by atoms with Crippen LogP contribution in [0.4, 0.5) is 4.39 Å². The van der Waals surface area contributed by atoms with Crippen LogP contribution >= 0.6 is 11.3 Å². The third kappa shape index (κ3) is 2.94. The fourth-order valence-corrected chi connectivity index (χ4v) is 3.93. The van der Waals surface area contributed by atoms with Gasteiger partial charge >= 0.3 is 0 Å². The zero-order valence-corrected chi connectivity index (χ0v) is 14.0. The van der Waals surface area contributed by atoms with E-state index in [2.05, 4.69) is 10.6 Å². The second kappa shape index (κ2) is 6.26. The molecule has 0 unspecified atom stereocenters. The SMILES string of the molecule is Cc1ccc(C(=O)c2cc3cc(C)n(CCCN)c3s2)c(F)c1. The molecule has 2 heterocycles. The Morgan fingerprint density at radius 3 is 2.74 bits per heavy atom. The Labute approximate surface area is 138 Å². The van der Waals surface area contributed by atoms with Crippen LogP contribution in [0.3, 0.4) is 0 Å². The summed E-state index contributed by atoms with van der Waals surface area (Å²) in [5.41, 5.74) is 7.68. The molecule has 0 saturated carbocycles. The van der Waals surface area contributed by atoms with E-state index in [1.807, 2.05) is 13.0 Å². The van der Waals surface area contributed by atoms with E-state index in [9.17, 15) is 9.18 Å². The molecular formula is C18H19FN2OS. The van der Waals surface area contributed by atoms with Gasteiger partial charge in [-0.05, 0) is 56.6 Å². The highest BCUT2D eigenvalue weighted by Gasteiger charge is 2.18. The normalized spacial score (nSPS) is 11.3. The summed E-state index contributed by atoms with van der Waals surface area (Å²) in [7, 11) is 0. The molecule has 0 fully saturated rings. The number of carbonyl (C=O) groups excluding carboxylic acids is 1. The number of aromatic nitrogens is 1. The Morgan fingerprint density at radius 1 is 1.26 bits per heavy atom. The molecule has 23 heavy (non-hydrogen) atoms. The van der Waals surface area contributed by atoms with Crippen LogP contribution in [0.5, 0.6) is 0 Å². The van der Waals surface area contributed by atoms with Crippen molar-refractivity contribution in [3.8, 4) is 0 Å². The van der Waals surface area contributed by atoms with Gasteiger partial charge in [-0.3, -0.25) is 4.79 Å². The van der Waals surface area contributed by atoms with Crippen LogP contribution in [0, 0.1) is 19.7 Å². The molecule has 1 aromatic carbocycles. The smallest absolute Gasteiger partial charge is 0.205 e. The van der Waals surface area contributed by atoms with Crippen molar-refractivity contribution in [2.75, 3.05) is 6.54 Å². The van der Waals surface area contributed by atoms with Crippen molar-refractivity contribution in [1.82, 2.24) is 4.57 Å². The average molecular weight is 330 g/mol. The number of nitrogens with two attached hydrogens (primary N) is 1.